The number of rotatable bonds is 11. The molecule has 1 aliphatic carbocycles. The van der Waals surface area contributed by atoms with Gasteiger partial charge in [-0.2, -0.15) is 0 Å². The topological polar surface area (TPSA) is 95.8 Å². The third kappa shape index (κ3) is 6.48. The summed E-state index contributed by atoms with van der Waals surface area (Å²) in [5, 5.41) is 7.54. The number of aromatic nitrogens is 2. The number of furan rings is 1. The van der Waals surface area contributed by atoms with E-state index in [1.54, 1.807) is 13.4 Å². The van der Waals surface area contributed by atoms with Crippen molar-refractivity contribution in [2.24, 2.45) is 0 Å². The molecule has 0 saturated heterocycles. The lowest BCUT2D eigenvalue weighted by molar-refractivity contribution is -0.111. The zero-order valence-corrected chi connectivity index (χ0v) is 24.9. The number of nitrogens with zero attached hydrogens (tertiary/aromatic N) is 4. The number of likely N-dealkylation sites (N-methyl/N-ethyl adjacent to an activating group) is 2. The lowest BCUT2D eigenvalue weighted by Crippen LogP contribution is -2.29. The average molecular weight is 569 g/mol. The molecule has 42 heavy (non-hydrogen) atoms. The summed E-state index contributed by atoms with van der Waals surface area (Å²) >= 11 is 0. The number of carbonyl (C=O) groups excluding carboxylic acids is 1. The van der Waals surface area contributed by atoms with Gasteiger partial charge >= 0.3 is 0 Å². The molecular formula is C33H40N6O3. The van der Waals surface area contributed by atoms with Gasteiger partial charge in [0.25, 0.3) is 0 Å². The average Bonchev–Trinajstić information content (AvgIpc) is 3.41. The minimum absolute atomic E-state index is 0.271. The molecule has 5 rings (SSSR count). The summed E-state index contributed by atoms with van der Waals surface area (Å²) in [6.07, 6.45) is 7.14. The Morgan fingerprint density at radius 2 is 1.81 bits per heavy atom. The molecular weight excluding hydrogens is 528 g/mol. The number of carbonyl (C=O) groups is 1. The number of nitrogens with one attached hydrogen (secondary N) is 2. The van der Waals surface area contributed by atoms with Gasteiger partial charge in [0.05, 0.1) is 22.9 Å². The van der Waals surface area contributed by atoms with Crippen molar-refractivity contribution in [2.75, 3.05) is 56.9 Å². The van der Waals surface area contributed by atoms with Crippen molar-refractivity contribution in [1.29, 1.82) is 0 Å². The lowest BCUT2D eigenvalue weighted by atomic mass is 9.92. The standard InChI is InChI=1S/C33H40N6O3/c1-6-28(40)37-26-20-23(12-17-27(26)39(4)19-18-38(2)3)29-30-32(36-24-13-15-25(41-5)16-14-24)34-21-35-33(30)42-31(29)22-10-8-7-9-11-22/h6-12,17,20-21,24-25H,1,13-16,18-19H2,2-5H3,(H,37,40)(H,34,35,36). The Labute approximate surface area is 247 Å². The van der Waals surface area contributed by atoms with Gasteiger partial charge in [0.2, 0.25) is 11.6 Å². The first-order valence-electron chi connectivity index (χ1n) is 14.4. The van der Waals surface area contributed by atoms with Gasteiger partial charge in [0.1, 0.15) is 17.9 Å². The van der Waals surface area contributed by atoms with Crippen molar-refractivity contribution < 1.29 is 13.9 Å². The maximum Gasteiger partial charge on any atom is 0.247 e. The molecule has 9 nitrogen and oxygen atoms in total. The van der Waals surface area contributed by atoms with Crippen LogP contribution in [-0.4, -0.2) is 74.3 Å². The molecule has 0 aliphatic heterocycles. The smallest absolute Gasteiger partial charge is 0.247 e. The Kier molecular flexibility index (Phi) is 9.19. The fraction of sp³-hybridized carbons (Fsp3) is 0.364. The minimum atomic E-state index is -0.271. The summed E-state index contributed by atoms with van der Waals surface area (Å²) in [5.74, 6) is 1.17. The SMILES string of the molecule is C=CC(=O)Nc1cc(-c2c(-c3ccccc3)oc3ncnc(NC4CCC(OC)CC4)c23)ccc1N(C)CCN(C)C. The van der Waals surface area contributed by atoms with Crippen LogP contribution in [0.3, 0.4) is 0 Å². The minimum Gasteiger partial charge on any atom is -0.437 e. The summed E-state index contributed by atoms with van der Waals surface area (Å²) in [7, 11) is 7.90. The predicted octanol–water partition coefficient (Wildman–Crippen LogP) is 6.05. The van der Waals surface area contributed by atoms with Gasteiger partial charge in [0.15, 0.2) is 0 Å². The summed E-state index contributed by atoms with van der Waals surface area (Å²) in [5.41, 5.74) is 4.81. The molecule has 1 fully saturated rings. The number of benzene rings is 2. The molecule has 0 unspecified atom stereocenters. The van der Waals surface area contributed by atoms with Crippen molar-refractivity contribution in [3.05, 3.63) is 67.5 Å². The number of hydrogen-bond acceptors (Lipinski definition) is 8. The highest BCUT2D eigenvalue weighted by Gasteiger charge is 2.26. The maximum atomic E-state index is 12.5. The highest BCUT2D eigenvalue weighted by atomic mass is 16.5. The van der Waals surface area contributed by atoms with E-state index < -0.39 is 0 Å². The molecule has 2 aromatic heterocycles. The Bertz CT molecular complexity index is 1530. The number of fused-ring (bicyclic) bond motifs is 1. The van der Waals surface area contributed by atoms with Crippen molar-refractivity contribution in [1.82, 2.24) is 14.9 Å². The van der Waals surface area contributed by atoms with E-state index in [2.05, 4.69) is 38.1 Å². The van der Waals surface area contributed by atoms with Crippen LogP contribution in [0, 0.1) is 0 Å². The first kappa shape index (κ1) is 29.3. The summed E-state index contributed by atoms with van der Waals surface area (Å²) < 4.78 is 12.0. The van der Waals surface area contributed by atoms with E-state index in [4.69, 9.17) is 14.1 Å². The van der Waals surface area contributed by atoms with Gasteiger partial charge in [-0.25, -0.2) is 9.97 Å². The van der Waals surface area contributed by atoms with Crippen LogP contribution in [0.5, 0.6) is 0 Å². The molecule has 2 aromatic carbocycles. The Morgan fingerprint density at radius 1 is 1.05 bits per heavy atom. The lowest BCUT2D eigenvalue weighted by Gasteiger charge is -2.28. The van der Waals surface area contributed by atoms with Crippen LogP contribution >= 0.6 is 0 Å². The normalized spacial score (nSPS) is 16.9. The number of hydrogen-bond donors (Lipinski definition) is 2. The van der Waals surface area contributed by atoms with Crippen molar-refractivity contribution in [3.8, 4) is 22.5 Å². The number of methoxy groups -OCH3 is 1. The second-order valence-corrected chi connectivity index (χ2v) is 11.1. The van der Waals surface area contributed by atoms with Crippen LogP contribution in [0.15, 0.2) is 71.9 Å². The molecule has 1 saturated carbocycles. The highest BCUT2D eigenvalue weighted by molar-refractivity contribution is 6.08. The second-order valence-electron chi connectivity index (χ2n) is 11.1. The first-order valence-corrected chi connectivity index (χ1v) is 14.4. The molecule has 9 heteroatoms. The van der Waals surface area contributed by atoms with E-state index in [1.165, 1.54) is 6.08 Å². The molecule has 1 aliphatic rings. The fourth-order valence-corrected chi connectivity index (χ4v) is 5.53. The summed E-state index contributed by atoms with van der Waals surface area (Å²) in [6.45, 7) is 5.32. The largest absolute Gasteiger partial charge is 0.437 e. The van der Waals surface area contributed by atoms with Crippen LogP contribution in [0.25, 0.3) is 33.6 Å². The van der Waals surface area contributed by atoms with Crippen LogP contribution in [0.4, 0.5) is 17.2 Å². The van der Waals surface area contributed by atoms with Gasteiger partial charge in [-0.05, 0) is 63.6 Å². The molecule has 0 spiro atoms. The first-order chi connectivity index (χ1) is 20.4. The van der Waals surface area contributed by atoms with Gasteiger partial charge in [-0.1, -0.05) is 43.0 Å². The quantitative estimate of drug-likeness (QED) is 0.211. The van der Waals surface area contributed by atoms with Gasteiger partial charge in [0, 0.05) is 44.4 Å². The molecule has 220 valence electrons. The third-order valence-corrected chi connectivity index (χ3v) is 7.90. The van der Waals surface area contributed by atoms with Crippen LogP contribution in [0.2, 0.25) is 0 Å². The van der Waals surface area contributed by atoms with E-state index in [0.29, 0.717) is 23.3 Å². The van der Waals surface area contributed by atoms with Gasteiger partial charge in [-0.3, -0.25) is 4.79 Å². The molecule has 4 aromatic rings. The Balaban J connectivity index is 1.64. The number of ether oxygens (including phenoxy) is 1. The number of anilines is 3. The van der Waals surface area contributed by atoms with E-state index >= 15 is 0 Å². The second kappa shape index (κ2) is 13.2. The Hall–Kier alpha value is -4.21. The Morgan fingerprint density at radius 3 is 2.50 bits per heavy atom. The molecule has 0 atom stereocenters. The molecule has 2 heterocycles. The molecule has 0 radical (unpaired) electrons. The fourth-order valence-electron chi connectivity index (χ4n) is 5.53. The van der Waals surface area contributed by atoms with Gasteiger partial charge < -0.3 is 29.6 Å². The van der Waals surface area contributed by atoms with Gasteiger partial charge in [-0.15, -0.1) is 0 Å². The summed E-state index contributed by atoms with van der Waals surface area (Å²) in [6, 6.07) is 16.4. The zero-order chi connectivity index (χ0) is 29.6. The van der Waals surface area contributed by atoms with Crippen molar-refractivity contribution in [3.63, 3.8) is 0 Å². The van der Waals surface area contributed by atoms with E-state index in [9.17, 15) is 4.79 Å². The molecule has 1 amide bonds. The summed E-state index contributed by atoms with van der Waals surface area (Å²) in [4.78, 5) is 26.0. The molecule has 2 N–H and O–H groups in total. The van der Waals surface area contributed by atoms with Crippen LogP contribution in [-0.2, 0) is 9.53 Å². The third-order valence-electron chi connectivity index (χ3n) is 7.90. The van der Waals surface area contributed by atoms with E-state index in [1.807, 2.05) is 63.6 Å². The number of amides is 1. The van der Waals surface area contributed by atoms with Crippen molar-refractivity contribution >= 4 is 34.2 Å². The zero-order valence-electron chi connectivity index (χ0n) is 24.9. The van der Waals surface area contributed by atoms with E-state index in [-0.39, 0.29) is 11.9 Å². The highest BCUT2D eigenvalue weighted by Crippen LogP contribution is 2.44. The van der Waals surface area contributed by atoms with Crippen molar-refractivity contribution in [2.45, 2.75) is 37.8 Å². The predicted molar refractivity (Wildman–Crippen MR) is 170 cm³/mol. The maximum absolute atomic E-state index is 12.5. The van der Waals surface area contributed by atoms with Crippen LogP contribution < -0.4 is 15.5 Å². The van der Waals surface area contributed by atoms with Crippen LogP contribution in [0.1, 0.15) is 25.7 Å². The van der Waals surface area contributed by atoms with E-state index in [0.717, 1.165) is 72.4 Å². The monoisotopic (exact) mass is 568 g/mol. The molecule has 0 bridgehead atoms.